The molecule has 0 aliphatic heterocycles. The zero-order valence-electron chi connectivity index (χ0n) is 10.4. The largest absolute Gasteiger partial charge is 0.398 e. The van der Waals surface area contributed by atoms with E-state index in [1.165, 1.54) is 10.8 Å². The molecular formula is C18H13N. The molecule has 0 atom stereocenters. The van der Waals surface area contributed by atoms with Crippen LogP contribution in [0.5, 0.6) is 0 Å². The summed E-state index contributed by atoms with van der Waals surface area (Å²) in [7, 11) is 0. The highest BCUT2D eigenvalue weighted by atomic mass is 14.5. The van der Waals surface area contributed by atoms with Crippen LogP contribution in [0.1, 0.15) is 11.1 Å². The van der Waals surface area contributed by atoms with Gasteiger partial charge in [-0.3, -0.25) is 0 Å². The SMILES string of the molecule is Nc1ccccc1C#Cc1cccc2ccccc12. The molecule has 0 aliphatic rings. The number of hydrogen-bond donors (Lipinski definition) is 1. The van der Waals surface area contributed by atoms with Crippen molar-refractivity contribution in [3.05, 3.63) is 77.9 Å². The third-order valence-electron chi connectivity index (χ3n) is 3.08. The maximum atomic E-state index is 5.89. The zero-order chi connectivity index (χ0) is 13.1. The molecule has 90 valence electrons. The molecule has 0 heterocycles. The van der Waals surface area contributed by atoms with Crippen LogP contribution < -0.4 is 5.73 Å². The van der Waals surface area contributed by atoms with Gasteiger partial charge in [0, 0.05) is 16.8 Å². The average molecular weight is 243 g/mol. The van der Waals surface area contributed by atoms with Crippen LogP contribution in [-0.2, 0) is 0 Å². The molecule has 1 heteroatoms. The summed E-state index contributed by atoms with van der Waals surface area (Å²) in [5.74, 6) is 6.36. The van der Waals surface area contributed by atoms with Crippen LogP contribution in [-0.4, -0.2) is 0 Å². The van der Waals surface area contributed by atoms with Gasteiger partial charge in [-0.05, 0) is 29.0 Å². The number of hydrogen-bond acceptors (Lipinski definition) is 1. The fourth-order valence-corrected chi connectivity index (χ4v) is 2.08. The summed E-state index contributed by atoms with van der Waals surface area (Å²) in [5.41, 5.74) is 8.51. The average Bonchev–Trinajstić information content (AvgIpc) is 2.46. The molecule has 0 bridgehead atoms. The Morgan fingerprint density at radius 3 is 2.16 bits per heavy atom. The lowest BCUT2D eigenvalue weighted by Crippen LogP contribution is -1.88. The lowest BCUT2D eigenvalue weighted by Gasteiger charge is -2.00. The Labute approximate surface area is 112 Å². The number of benzene rings is 3. The van der Waals surface area contributed by atoms with Gasteiger partial charge in [0.2, 0.25) is 0 Å². The standard InChI is InChI=1S/C18H13N/c19-18-11-4-2-7-16(18)13-12-15-9-5-8-14-6-1-3-10-17(14)15/h1-11H,19H2. The van der Waals surface area contributed by atoms with Crippen LogP contribution in [0.4, 0.5) is 5.69 Å². The summed E-state index contributed by atoms with van der Waals surface area (Å²) >= 11 is 0. The molecule has 19 heavy (non-hydrogen) atoms. The minimum absolute atomic E-state index is 0.718. The fraction of sp³-hybridized carbons (Fsp3) is 0. The van der Waals surface area contributed by atoms with Crippen molar-refractivity contribution in [2.75, 3.05) is 5.73 Å². The van der Waals surface area contributed by atoms with Crippen LogP contribution in [0.15, 0.2) is 66.7 Å². The lowest BCUT2D eigenvalue weighted by molar-refractivity contribution is 1.62. The molecular weight excluding hydrogens is 230 g/mol. The second-order valence-corrected chi connectivity index (χ2v) is 4.36. The monoisotopic (exact) mass is 243 g/mol. The van der Waals surface area contributed by atoms with Crippen LogP contribution in [0.3, 0.4) is 0 Å². The highest BCUT2D eigenvalue weighted by Crippen LogP contribution is 2.18. The second kappa shape index (κ2) is 4.88. The summed E-state index contributed by atoms with van der Waals surface area (Å²) in [5, 5.41) is 2.38. The van der Waals surface area contributed by atoms with Crippen LogP contribution >= 0.6 is 0 Å². The molecule has 0 spiro atoms. The van der Waals surface area contributed by atoms with E-state index in [0.717, 1.165) is 16.8 Å². The van der Waals surface area contributed by atoms with Gasteiger partial charge in [-0.1, -0.05) is 60.4 Å². The van der Waals surface area contributed by atoms with E-state index in [-0.39, 0.29) is 0 Å². The number of rotatable bonds is 0. The third kappa shape index (κ3) is 2.29. The normalized spacial score (nSPS) is 9.89. The van der Waals surface area contributed by atoms with Crippen molar-refractivity contribution >= 4 is 16.5 Å². The van der Waals surface area contributed by atoms with Gasteiger partial charge in [0.15, 0.2) is 0 Å². The van der Waals surface area contributed by atoms with Gasteiger partial charge < -0.3 is 5.73 Å². The molecule has 0 amide bonds. The third-order valence-corrected chi connectivity index (χ3v) is 3.08. The first-order chi connectivity index (χ1) is 9.34. The molecule has 0 saturated heterocycles. The van der Waals surface area contributed by atoms with Crippen LogP contribution in [0.2, 0.25) is 0 Å². The van der Waals surface area contributed by atoms with Gasteiger partial charge in [-0.25, -0.2) is 0 Å². The smallest absolute Gasteiger partial charge is 0.0478 e. The van der Waals surface area contributed by atoms with E-state index in [9.17, 15) is 0 Å². The van der Waals surface area contributed by atoms with Crippen molar-refractivity contribution in [1.82, 2.24) is 0 Å². The molecule has 0 unspecified atom stereocenters. The first kappa shape index (κ1) is 11.4. The van der Waals surface area contributed by atoms with E-state index in [1.807, 2.05) is 48.5 Å². The van der Waals surface area contributed by atoms with E-state index in [2.05, 4.69) is 30.0 Å². The highest BCUT2D eigenvalue weighted by Gasteiger charge is 1.97. The van der Waals surface area contributed by atoms with E-state index in [0.29, 0.717) is 0 Å². The van der Waals surface area contributed by atoms with Gasteiger partial charge in [0.1, 0.15) is 0 Å². The number of fused-ring (bicyclic) bond motifs is 1. The fourth-order valence-electron chi connectivity index (χ4n) is 2.08. The Hall–Kier alpha value is -2.72. The van der Waals surface area contributed by atoms with E-state index >= 15 is 0 Å². The second-order valence-electron chi connectivity index (χ2n) is 4.36. The van der Waals surface area contributed by atoms with Gasteiger partial charge >= 0.3 is 0 Å². The molecule has 3 rings (SSSR count). The minimum Gasteiger partial charge on any atom is -0.398 e. The first-order valence-electron chi connectivity index (χ1n) is 6.19. The summed E-state index contributed by atoms with van der Waals surface area (Å²) in [4.78, 5) is 0. The van der Waals surface area contributed by atoms with E-state index in [1.54, 1.807) is 0 Å². The summed E-state index contributed by atoms with van der Waals surface area (Å²) in [6.45, 7) is 0. The van der Waals surface area contributed by atoms with Gasteiger partial charge in [0.05, 0.1) is 0 Å². The Balaban J connectivity index is 2.11. The molecule has 3 aromatic rings. The molecule has 0 aromatic heterocycles. The topological polar surface area (TPSA) is 26.0 Å². The maximum absolute atomic E-state index is 5.89. The maximum Gasteiger partial charge on any atom is 0.0478 e. The number of nitrogen functional groups attached to an aromatic ring is 1. The Morgan fingerprint density at radius 2 is 1.26 bits per heavy atom. The van der Waals surface area contributed by atoms with Crippen molar-refractivity contribution < 1.29 is 0 Å². The highest BCUT2D eigenvalue weighted by molar-refractivity contribution is 5.88. The van der Waals surface area contributed by atoms with Crippen molar-refractivity contribution in [1.29, 1.82) is 0 Å². The zero-order valence-corrected chi connectivity index (χ0v) is 10.4. The van der Waals surface area contributed by atoms with Gasteiger partial charge in [-0.15, -0.1) is 0 Å². The van der Waals surface area contributed by atoms with Gasteiger partial charge in [-0.2, -0.15) is 0 Å². The molecule has 3 aromatic carbocycles. The van der Waals surface area contributed by atoms with Crippen molar-refractivity contribution in [3.8, 4) is 11.8 Å². The minimum atomic E-state index is 0.718. The quantitative estimate of drug-likeness (QED) is 0.471. The van der Waals surface area contributed by atoms with Crippen LogP contribution in [0.25, 0.3) is 10.8 Å². The van der Waals surface area contributed by atoms with Crippen molar-refractivity contribution in [2.24, 2.45) is 0 Å². The summed E-state index contributed by atoms with van der Waals surface area (Å²) in [6, 6.07) is 22.1. The Morgan fingerprint density at radius 1 is 0.632 bits per heavy atom. The van der Waals surface area contributed by atoms with Crippen molar-refractivity contribution in [3.63, 3.8) is 0 Å². The summed E-state index contributed by atoms with van der Waals surface area (Å²) in [6.07, 6.45) is 0. The predicted octanol–water partition coefficient (Wildman–Crippen LogP) is 3.82. The number of para-hydroxylation sites is 1. The Bertz CT molecular complexity index is 786. The molecule has 2 N–H and O–H groups in total. The molecule has 0 aliphatic carbocycles. The molecule has 0 fully saturated rings. The number of nitrogens with two attached hydrogens (primary N) is 1. The molecule has 0 radical (unpaired) electrons. The molecule has 1 nitrogen and oxygen atoms in total. The first-order valence-corrected chi connectivity index (χ1v) is 6.19. The van der Waals surface area contributed by atoms with Gasteiger partial charge in [0.25, 0.3) is 0 Å². The summed E-state index contributed by atoms with van der Waals surface area (Å²) < 4.78 is 0. The predicted molar refractivity (Wildman–Crippen MR) is 80.8 cm³/mol. The van der Waals surface area contributed by atoms with E-state index < -0.39 is 0 Å². The van der Waals surface area contributed by atoms with E-state index in [4.69, 9.17) is 5.73 Å². The number of anilines is 1. The van der Waals surface area contributed by atoms with Crippen molar-refractivity contribution in [2.45, 2.75) is 0 Å². The van der Waals surface area contributed by atoms with Crippen LogP contribution in [0, 0.1) is 11.8 Å². The lowest BCUT2D eigenvalue weighted by atomic mass is 10.0. The Kier molecular flexibility index (Phi) is 2.92. The molecule has 0 saturated carbocycles.